The van der Waals surface area contributed by atoms with Gasteiger partial charge in [-0.2, -0.15) is 0 Å². The third-order valence-electron chi connectivity index (χ3n) is 5.86. The summed E-state index contributed by atoms with van der Waals surface area (Å²) < 4.78 is 33.5. The number of rotatable bonds is 9. The molecule has 0 aliphatic carbocycles. The molecule has 7 nitrogen and oxygen atoms in total. The van der Waals surface area contributed by atoms with Gasteiger partial charge in [-0.25, -0.2) is 8.42 Å². The number of carbonyl (C=O) groups is 2. The van der Waals surface area contributed by atoms with Crippen LogP contribution in [0.4, 0.5) is 11.4 Å². The van der Waals surface area contributed by atoms with Crippen molar-refractivity contribution in [2.75, 3.05) is 23.3 Å². The van der Waals surface area contributed by atoms with Crippen molar-refractivity contribution in [1.29, 1.82) is 0 Å². The summed E-state index contributed by atoms with van der Waals surface area (Å²) in [6, 6.07) is 23.7. The lowest BCUT2D eigenvalue weighted by atomic mass is 10.0. The van der Waals surface area contributed by atoms with Crippen molar-refractivity contribution in [1.82, 2.24) is 0 Å². The molecule has 1 N–H and O–H groups in total. The molecule has 0 aliphatic heterocycles. The maximum atomic E-state index is 13.7. The van der Waals surface area contributed by atoms with Crippen LogP contribution in [0.2, 0.25) is 10.0 Å². The number of halogens is 2. The molecule has 0 aliphatic rings. The van der Waals surface area contributed by atoms with Gasteiger partial charge < -0.3 is 10.1 Å². The van der Waals surface area contributed by atoms with Crippen molar-refractivity contribution in [3.8, 4) is 5.75 Å². The van der Waals surface area contributed by atoms with E-state index in [1.165, 1.54) is 55.6 Å². The van der Waals surface area contributed by atoms with E-state index in [9.17, 15) is 18.0 Å². The predicted octanol–water partition coefficient (Wildman–Crippen LogP) is 6.38. The minimum absolute atomic E-state index is 0.000669. The molecule has 4 aromatic carbocycles. The first-order valence-corrected chi connectivity index (χ1v) is 13.9. The fourth-order valence-corrected chi connectivity index (χ4v) is 5.68. The van der Waals surface area contributed by atoms with Crippen LogP contribution in [0.15, 0.2) is 95.9 Å². The first-order chi connectivity index (χ1) is 18.6. The van der Waals surface area contributed by atoms with Crippen molar-refractivity contribution >= 4 is 56.3 Å². The third-order valence-corrected chi connectivity index (χ3v) is 8.17. The van der Waals surface area contributed by atoms with Crippen molar-refractivity contribution in [3.05, 3.63) is 118 Å². The van der Waals surface area contributed by atoms with E-state index in [4.69, 9.17) is 27.9 Å². The highest BCUT2D eigenvalue weighted by atomic mass is 35.5. The number of sulfonamides is 1. The monoisotopic (exact) mass is 582 g/mol. The van der Waals surface area contributed by atoms with Crippen molar-refractivity contribution in [3.63, 3.8) is 0 Å². The number of nitrogens with zero attached hydrogens (tertiary/aromatic N) is 1. The van der Waals surface area contributed by atoms with Gasteiger partial charge in [0.15, 0.2) is 5.78 Å². The zero-order chi connectivity index (χ0) is 28.2. The first-order valence-electron chi connectivity index (χ1n) is 11.7. The number of nitrogens with one attached hydrogen (secondary N) is 1. The Morgan fingerprint density at radius 2 is 1.59 bits per heavy atom. The summed E-state index contributed by atoms with van der Waals surface area (Å²) in [7, 11) is -2.75. The van der Waals surface area contributed by atoms with Gasteiger partial charge in [-0.05, 0) is 55.5 Å². The summed E-state index contributed by atoms with van der Waals surface area (Å²) in [4.78, 5) is 26.5. The molecular weight excluding hydrogens is 559 g/mol. The van der Waals surface area contributed by atoms with E-state index in [1.807, 2.05) is 6.92 Å². The minimum Gasteiger partial charge on any atom is -0.495 e. The Hall–Kier alpha value is -3.85. The number of anilines is 2. The van der Waals surface area contributed by atoms with Crippen LogP contribution in [0.1, 0.15) is 21.5 Å². The van der Waals surface area contributed by atoms with E-state index >= 15 is 0 Å². The number of benzene rings is 4. The van der Waals surface area contributed by atoms with Crippen molar-refractivity contribution in [2.45, 2.75) is 11.8 Å². The second-order valence-corrected chi connectivity index (χ2v) is 11.3. The van der Waals surface area contributed by atoms with E-state index in [0.29, 0.717) is 16.3 Å². The van der Waals surface area contributed by atoms with Crippen LogP contribution in [0.3, 0.4) is 0 Å². The van der Waals surface area contributed by atoms with E-state index in [0.717, 1.165) is 9.87 Å². The zero-order valence-corrected chi connectivity index (χ0v) is 23.3. The third kappa shape index (κ3) is 6.42. The number of carbonyl (C=O) groups excluding carboxylic acids is 2. The minimum atomic E-state index is -4.19. The van der Waals surface area contributed by atoms with Gasteiger partial charge in [-0.3, -0.25) is 13.9 Å². The molecule has 0 atom stereocenters. The number of ketones is 1. The van der Waals surface area contributed by atoms with Crippen LogP contribution in [0.5, 0.6) is 5.75 Å². The number of hydrogen-bond acceptors (Lipinski definition) is 5. The lowest BCUT2D eigenvalue weighted by Crippen LogP contribution is -2.38. The molecule has 0 fully saturated rings. The maximum absolute atomic E-state index is 13.7. The Bertz CT molecular complexity index is 1630. The van der Waals surface area contributed by atoms with E-state index in [1.54, 1.807) is 42.5 Å². The van der Waals surface area contributed by atoms with Gasteiger partial charge in [0.1, 0.15) is 12.3 Å². The molecule has 200 valence electrons. The summed E-state index contributed by atoms with van der Waals surface area (Å²) in [6.45, 7) is 1.24. The van der Waals surface area contributed by atoms with Crippen LogP contribution in [0, 0.1) is 6.92 Å². The molecule has 39 heavy (non-hydrogen) atoms. The number of ether oxygens (including phenoxy) is 1. The lowest BCUT2D eigenvalue weighted by molar-refractivity contribution is -0.114. The molecule has 1 amide bonds. The van der Waals surface area contributed by atoms with E-state index < -0.39 is 22.5 Å². The lowest BCUT2D eigenvalue weighted by Gasteiger charge is -2.25. The molecule has 0 saturated heterocycles. The molecule has 0 spiro atoms. The summed E-state index contributed by atoms with van der Waals surface area (Å²) in [5.74, 6) is -0.677. The van der Waals surface area contributed by atoms with Gasteiger partial charge in [0.25, 0.3) is 10.0 Å². The Kier molecular flexibility index (Phi) is 8.60. The average Bonchev–Trinajstić information content (AvgIpc) is 2.93. The Balaban J connectivity index is 1.70. The Morgan fingerprint density at radius 1 is 0.897 bits per heavy atom. The molecule has 0 radical (unpaired) electrons. The van der Waals surface area contributed by atoms with E-state index in [2.05, 4.69) is 5.32 Å². The van der Waals surface area contributed by atoms with Crippen LogP contribution in [-0.4, -0.2) is 33.8 Å². The molecule has 0 heterocycles. The zero-order valence-electron chi connectivity index (χ0n) is 21.0. The normalized spacial score (nSPS) is 11.1. The molecule has 0 unspecified atom stereocenters. The van der Waals surface area contributed by atoms with Gasteiger partial charge in [-0.1, -0.05) is 71.2 Å². The maximum Gasteiger partial charge on any atom is 0.264 e. The molecule has 4 rings (SSSR count). The molecule has 10 heteroatoms. The fraction of sp³-hybridized carbons (Fsp3) is 0.103. The van der Waals surface area contributed by atoms with Crippen LogP contribution in [-0.2, 0) is 14.8 Å². The number of hydrogen-bond donors (Lipinski definition) is 1. The summed E-state index contributed by atoms with van der Waals surface area (Å²) in [5, 5.41) is 3.16. The standard InChI is InChI=1S/C29H24Cl2N2O5S/c1-19-8-12-23(13-9-19)39(36,37)33(22-11-15-27(38-2)25(31)17-22)18-28(34)32-26-14-10-21(30)16-24(26)29(35)20-6-4-3-5-7-20/h3-17H,18H2,1-2H3,(H,32,34). The number of amides is 1. The number of aryl methyl sites for hydroxylation is 1. The highest BCUT2D eigenvalue weighted by Crippen LogP contribution is 2.32. The van der Waals surface area contributed by atoms with Gasteiger partial charge >= 0.3 is 0 Å². The number of methoxy groups -OCH3 is 1. The molecule has 0 aromatic heterocycles. The highest BCUT2D eigenvalue weighted by molar-refractivity contribution is 7.92. The van der Waals surface area contributed by atoms with Crippen LogP contribution < -0.4 is 14.4 Å². The predicted molar refractivity (Wildman–Crippen MR) is 154 cm³/mol. The highest BCUT2D eigenvalue weighted by Gasteiger charge is 2.28. The fourth-order valence-electron chi connectivity index (χ4n) is 3.84. The summed E-state index contributed by atoms with van der Waals surface area (Å²) >= 11 is 12.4. The Labute approximate surface area is 237 Å². The van der Waals surface area contributed by atoms with Crippen LogP contribution in [0.25, 0.3) is 0 Å². The Morgan fingerprint density at radius 3 is 2.23 bits per heavy atom. The first kappa shape index (κ1) is 28.2. The molecule has 0 saturated carbocycles. The molecular formula is C29H24Cl2N2O5S. The average molecular weight is 583 g/mol. The second-order valence-electron chi connectivity index (χ2n) is 8.58. The second kappa shape index (κ2) is 11.9. The topological polar surface area (TPSA) is 92.8 Å². The van der Waals surface area contributed by atoms with Gasteiger partial charge in [0.2, 0.25) is 5.91 Å². The molecule has 0 bridgehead atoms. The van der Waals surface area contributed by atoms with Crippen molar-refractivity contribution in [2.24, 2.45) is 0 Å². The van der Waals surface area contributed by atoms with Gasteiger partial charge in [0.05, 0.1) is 28.4 Å². The summed E-state index contributed by atoms with van der Waals surface area (Å²) in [5.41, 5.74) is 1.81. The van der Waals surface area contributed by atoms with E-state index in [-0.39, 0.29) is 32.6 Å². The molecule has 4 aromatic rings. The smallest absolute Gasteiger partial charge is 0.264 e. The quantitative estimate of drug-likeness (QED) is 0.231. The summed E-state index contributed by atoms with van der Waals surface area (Å²) in [6.07, 6.45) is 0. The van der Waals surface area contributed by atoms with Gasteiger partial charge in [0, 0.05) is 16.1 Å². The largest absolute Gasteiger partial charge is 0.495 e. The van der Waals surface area contributed by atoms with Gasteiger partial charge in [-0.15, -0.1) is 0 Å². The van der Waals surface area contributed by atoms with Crippen molar-refractivity contribution < 1.29 is 22.7 Å². The SMILES string of the molecule is COc1ccc(N(CC(=O)Nc2ccc(Cl)cc2C(=O)c2ccccc2)S(=O)(=O)c2ccc(C)cc2)cc1Cl. The van der Waals surface area contributed by atoms with Crippen LogP contribution >= 0.6 is 23.2 Å².